The molecule has 1 aromatic heterocycles. The molecule has 0 bridgehead atoms. The van der Waals surface area contributed by atoms with Crippen LogP contribution in [0.4, 0.5) is 0 Å². The number of rotatable bonds is 4. The molecular weight excluding hydrogens is 242 g/mol. The Bertz CT molecular complexity index is 580. The normalized spacial score (nSPS) is 14.6. The second kappa shape index (κ2) is 4.93. The molecule has 0 saturated carbocycles. The second-order valence-electron chi connectivity index (χ2n) is 4.55. The van der Waals surface area contributed by atoms with E-state index in [1.165, 1.54) is 0 Å². The molecule has 1 N–H and O–H groups in total. The number of nitrogens with one attached hydrogen (secondary N) is 1. The fourth-order valence-corrected chi connectivity index (χ4v) is 2.31. The molecule has 2 aromatic rings. The number of aromatic nitrogens is 2. The SMILES string of the molecule is CCNC(c1ccc2c(c1)OCO2)c1cnn(C)c1. The molecule has 1 unspecified atom stereocenters. The predicted octanol–water partition coefficient (Wildman–Crippen LogP) is 1.85. The standard InChI is InChI=1S/C14H17N3O2/c1-3-15-14(11-7-16-17(2)8-11)10-4-5-12-13(6-10)19-9-18-12/h4-8,14-15H,3,9H2,1-2H3. The second-order valence-corrected chi connectivity index (χ2v) is 4.55. The van der Waals surface area contributed by atoms with E-state index in [1.54, 1.807) is 0 Å². The van der Waals surface area contributed by atoms with Gasteiger partial charge in [0.1, 0.15) is 0 Å². The number of nitrogens with zero attached hydrogens (tertiary/aromatic N) is 2. The first kappa shape index (κ1) is 12.0. The summed E-state index contributed by atoms with van der Waals surface area (Å²) in [6.45, 7) is 3.28. The van der Waals surface area contributed by atoms with Crippen molar-refractivity contribution in [1.29, 1.82) is 0 Å². The lowest BCUT2D eigenvalue weighted by molar-refractivity contribution is 0.174. The Morgan fingerprint density at radius 3 is 2.89 bits per heavy atom. The van der Waals surface area contributed by atoms with Gasteiger partial charge >= 0.3 is 0 Å². The largest absolute Gasteiger partial charge is 0.454 e. The molecular formula is C14H17N3O2. The van der Waals surface area contributed by atoms with Gasteiger partial charge in [0.25, 0.3) is 0 Å². The van der Waals surface area contributed by atoms with Crippen LogP contribution in [0.3, 0.4) is 0 Å². The van der Waals surface area contributed by atoms with Crippen LogP contribution in [0.25, 0.3) is 0 Å². The number of aryl methyl sites for hydroxylation is 1. The highest BCUT2D eigenvalue weighted by Crippen LogP contribution is 2.35. The summed E-state index contributed by atoms with van der Waals surface area (Å²) in [5.41, 5.74) is 2.29. The van der Waals surface area contributed by atoms with Crippen molar-refractivity contribution in [2.45, 2.75) is 13.0 Å². The van der Waals surface area contributed by atoms with Crippen LogP contribution >= 0.6 is 0 Å². The summed E-state index contributed by atoms with van der Waals surface area (Å²) in [7, 11) is 1.92. The molecule has 2 heterocycles. The van der Waals surface area contributed by atoms with E-state index in [1.807, 2.05) is 36.3 Å². The highest BCUT2D eigenvalue weighted by Gasteiger charge is 2.19. The number of ether oxygens (including phenoxy) is 2. The van der Waals surface area contributed by atoms with E-state index >= 15 is 0 Å². The summed E-state index contributed by atoms with van der Waals surface area (Å²) in [6, 6.07) is 6.17. The Kier molecular flexibility index (Phi) is 3.13. The summed E-state index contributed by atoms with van der Waals surface area (Å²) in [6.07, 6.45) is 3.91. The van der Waals surface area contributed by atoms with Crippen molar-refractivity contribution >= 4 is 0 Å². The van der Waals surface area contributed by atoms with Crippen LogP contribution < -0.4 is 14.8 Å². The fourth-order valence-electron chi connectivity index (χ4n) is 2.31. The lowest BCUT2D eigenvalue weighted by Gasteiger charge is -2.17. The number of benzene rings is 1. The minimum Gasteiger partial charge on any atom is -0.454 e. The van der Waals surface area contributed by atoms with E-state index in [4.69, 9.17) is 9.47 Å². The monoisotopic (exact) mass is 259 g/mol. The zero-order valence-electron chi connectivity index (χ0n) is 11.1. The fraction of sp³-hybridized carbons (Fsp3) is 0.357. The first-order valence-corrected chi connectivity index (χ1v) is 6.39. The van der Waals surface area contributed by atoms with E-state index in [9.17, 15) is 0 Å². The van der Waals surface area contributed by atoms with Crippen molar-refractivity contribution in [2.75, 3.05) is 13.3 Å². The molecule has 100 valence electrons. The molecule has 1 atom stereocenters. The molecule has 5 nitrogen and oxygen atoms in total. The average Bonchev–Trinajstić information content (AvgIpc) is 3.03. The minimum absolute atomic E-state index is 0.119. The van der Waals surface area contributed by atoms with Gasteiger partial charge in [0.2, 0.25) is 6.79 Å². The topological polar surface area (TPSA) is 48.3 Å². The quantitative estimate of drug-likeness (QED) is 0.910. The lowest BCUT2D eigenvalue weighted by atomic mass is 10.0. The van der Waals surface area contributed by atoms with Crippen LogP contribution in [0.5, 0.6) is 11.5 Å². The van der Waals surface area contributed by atoms with Crippen LogP contribution in [0, 0.1) is 0 Å². The first-order valence-electron chi connectivity index (χ1n) is 6.39. The van der Waals surface area contributed by atoms with Gasteiger partial charge in [-0.05, 0) is 24.2 Å². The summed E-state index contributed by atoms with van der Waals surface area (Å²) >= 11 is 0. The third-order valence-corrected chi connectivity index (χ3v) is 3.20. The molecule has 0 aliphatic carbocycles. The van der Waals surface area contributed by atoms with Crippen LogP contribution in [0.15, 0.2) is 30.6 Å². The lowest BCUT2D eigenvalue weighted by Crippen LogP contribution is -2.21. The molecule has 19 heavy (non-hydrogen) atoms. The minimum atomic E-state index is 0.119. The van der Waals surface area contributed by atoms with E-state index in [0.717, 1.165) is 29.2 Å². The maximum Gasteiger partial charge on any atom is 0.231 e. The predicted molar refractivity (Wildman–Crippen MR) is 71.3 cm³/mol. The summed E-state index contributed by atoms with van der Waals surface area (Å²) in [5, 5.41) is 7.71. The molecule has 1 aromatic carbocycles. The van der Waals surface area contributed by atoms with Gasteiger partial charge in [-0.15, -0.1) is 0 Å². The summed E-state index contributed by atoms with van der Waals surface area (Å²) in [5.74, 6) is 1.62. The number of fused-ring (bicyclic) bond motifs is 1. The van der Waals surface area contributed by atoms with Gasteiger partial charge in [0.15, 0.2) is 11.5 Å². The Labute approximate surface area is 112 Å². The van der Waals surface area contributed by atoms with Crippen molar-refractivity contribution in [3.8, 4) is 11.5 Å². The van der Waals surface area contributed by atoms with Crippen LogP contribution in [-0.2, 0) is 7.05 Å². The van der Waals surface area contributed by atoms with E-state index in [0.29, 0.717) is 6.79 Å². The molecule has 0 saturated heterocycles. The van der Waals surface area contributed by atoms with Crippen molar-refractivity contribution in [3.63, 3.8) is 0 Å². The summed E-state index contributed by atoms with van der Waals surface area (Å²) < 4.78 is 12.6. The smallest absolute Gasteiger partial charge is 0.231 e. The third-order valence-electron chi connectivity index (χ3n) is 3.20. The molecule has 0 radical (unpaired) electrons. The van der Waals surface area contributed by atoms with Crippen molar-refractivity contribution in [1.82, 2.24) is 15.1 Å². The zero-order valence-corrected chi connectivity index (χ0v) is 11.1. The molecule has 0 amide bonds. The van der Waals surface area contributed by atoms with Gasteiger partial charge < -0.3 is 14.8 Å². The molecule has 3 rings (SSSR count). The first-order chi connectivity index (χ1) is 9.28. The zero-order chi connectivity index (χ0) is 13.2. The average molecular weight is 259 g/mol. The van der Waals surface area contributed by atoms with Crippen molar-refractivity contribution in [2.24, 2.45) is 7.05 Å². The Hall–Kier alpha value is -2.01. The maximum atomic E-state index is 5.44. The van der Waals surface area contributed by atoms with Crippen LogP contribution in [0.2, 0.25) is 0 Å². The van der Waals surface area contributed by atoms with Gasteiger partial charge in [0.05, 0.1) is 12.2 Å². The van der Waals surface area contributed by atoms with Gasteiger partial charge in [-0.25, -0.2) is 0 Å². The maximum absolute atomic E-state index is 5.44. The Morgan fingerprint density at radius 2 is 2.16 bits per heavy atom. The summed E-state index contributed by atoms with van der Waals surface area (Å²) in [4.78, 5) is 0. The molecule has 1 aliphatic rings. The third kappa shape index (κ3) is 2.29. The Morgan fingerprint density at radius 1 is 1.32 bits per heavy atom. The van der Waals surface area contributed by atoms with Gasteiger partial charge in [-0.1, -0.05) is 13.0 Å². The van der Waals surface area contributed by atoms with Gasteiger partial charge in [0, 0.05) is 18.8 Å². The van der Waals surface area contributed by atoms with Gasteiger partial charge in [-0.2, -0.15) is 5.10 Å². The van der Waals surface area contributed by atoms with Crippen molar-refractivity contribution < 1.29 is 9.47 Å². The number of hydrogen-bond acceptors (Lipinski definition) is 4. The van der Waals surface area contributed by atoms with E-state index < -0.39 is 0 Å². The molecule has 0 spiro atoms. The van der Waals surface area contributed by atoms with E-state index in [2.05, 4.69) is 23.4 Å². The molecule has 1 aliphatic heterocycles. The van der Waals surface area contributed by atoms with Crippen LogP contribution in [0.1, 0.15) is 24.1 Å². The van der Waals surface area contributed by atoms with Gasteiger partial charge in [-0.3, -0.25) is 4.68 Å². The molecule has 5 heteroatoms. The Balaban J connectivity index is 1.95. The molecule has 0 fully saturated rings. The highest BCUT2D eigenvalue weighted by molar-refractivity contribution is 5.46. The highest BCUT2D eigenvalue weighted by atomic mass is 16.7. The van der Waals surface area contributed by atoms with Crippen LogP contribution in [-0.4, -0.2) is 23.1 Å². The van der Waals surface area contributed by atoms with Crippen molar-refractivity contribution in [3.05, 3.63) is 41.7 Å². The number of hydrogen-bond donors (Lipinski definition) is 1. The van der Waals surface area contributed by atoms with E-state index in [-0.39, 0.29) is 6.04 Å².